The minimum Gasteiger partial charge on any atom is -0.508 e. The SMILES string of the molecule is O=c1oc2ccccc2c(O)c1C(c1cc(N=Nc2ccccc2Cl)ccc1O)c1c(O)c2ccccc2oc1=O. The first kappa shape index (κ1) is 25.8. The molecule has 202 valence electrons. The molecule has 0 spiro atoms. The van der Waals surface area contributed by atoms with Crippen LogP contribution < -0.4 is 11.3 Å². The summed E-state index contributed by atoms with van der Waals surface area (Å²) < 4.78 is 11.0. The molecule has 0 amide bonds. The Bertz CT molecular complexity index is 2020. The normalized spacial score (nSPS) is 11.7. The molecule has 0 saturated carbocycles. The maximum atomic E-state index is 13.4. The van der Waals surface area contributed by atoms with Gasteiger partial charge in [0.25, 0.3) is 0 Å². The lowest BCUT2D eigenvalue weighted by Crippen LogP contribution is -2.21. The molecule has 0 unspecified atom stereocenters. The van der Waals surface area contributed by atoms with Gasteiger partial charge in [-0.3, -0.25) is 0 Å². The highest BCUT2D eigenvalue weighted by atomic mass is 35.5. The van der Waals surface area contributed by atoms with E-state index in [-0.39, 0.29) is 38.9 Å². The maximum Gasteiger partial charge on any atom is 0.344 e. The molecule has 0 saturated heterocycles. The van der Waals surface area contributed by atoms with Crippen LogP contribution in [0.15, 0.2) is 120 Å². The first-order valence-corrected chi connectivity index (χ1v) is 12.7. The molecule has 0 atom stereocenters. The molecule has 3 N–H and O–H groups in total. The van der Waals surface area contributed by atoms with Crippen LogP contribution in [0.25, 0.3) is 21.9 Å². The number of aromatic hydroxyl groups is 3. The van der Waals surface area contributed by atoms with E-state index in [1.165, 1.54) is 42.5 Å². The summed E-state index contributed by atoms with van der Waals surface area (Å²) in [5, 5.41) is 42.8. The molecule has 6 aromatic rings. The number of para-hydroxylation sites is 2. The van der Waals surface area contributed by atoms with Crippen LogP contribution in [0, 0.1) is 0 Å². The molecule has 0 aliphatic carbocycles. The van der Waals surface area contributed by atoms with Crippen molar-refractivity contribution in [2.75, 3.05) is 0 Å². The Balaban J connectivity index is 1.65. The fourth-order valence-electron chi connectivity index (χ4n) is 4.74. The first-order valence-electron chi connectivity index (χ1n) is 12.3. The Labute approximate surface area is 235 Å². The summed E-state index contributed by atoms with van der Waals surface area (Å²) in [7, 11) is 0. The number of rotatable bonds is 5. The highest BCUT2D eigenvalue weighted by Crippen LogP contribution is 2.45. The van der Waals surface area contributed by atoms with Crippen molar-refractivity contribution >= 4 is 44.9 Å². The fourth-order valence-corrected chi connectivity index (χ4v) is 4.91. The van der Waals surface area contributed by atoms with Crippen molar-refractivity contribution in [2.45, 2.75) is 5.92 Å². The third-order valence-corrected chi connectivity index (χ3v) is 6.98. The largest absolute Gasteiger partial charge is 0.508 e. The van der Waals surface area contributed by atoms with E-state index in [1.54, 1.807) is 48.5 Å². The summed E-state index contributed by atoms with van der Waals surface area (Å²) in [5.41, 5.74) is -1.97. The van der Waals surface area contributed by atoms with E-state index in [0.29, 0.717) is 10.7 Å². The van der Waals surface area contributed by atoms with Crippen LogP contribution in [0.4, 0.5) is 11.4 Å². The van der Waals surface area contributed by atoms with E-state index in [2.05, 4.69) is 10.2 Å². The molecule has 0 bridgehead atoms. The minimum absolute atomic E-state index is 0.0450. The zero-order chi connectivity index (χ0) is 28.7. The monoisotopic (exact) mass is 566 g/mol. The number of fused-ring (bicyclic) bond motifs is 2. The van der Waals surface area contributed by atoms with E-state index in [1.807, 2.05) is 0 Å². The summed E-state index contributed by atoms with van der Waals surface area (Å²) in [4.78, 5) is 26.8. The molecule has 2 heterocycles. The number of hydrogen-bond donors (Lipinski definition) is 3. The molecular formula is C31H19ClN2O7. The summed E-state index contributed by atoms with van der Waals surface area (Å²) in [5.74, 6) is -2.87. The van der Waals surface area contributed by atoms with E-state index >= 15 is 0 Å². The Hall–Kier alpha value is -5.41. The summed E-state index contributed by atoms with van der Waals surface area (Å²) >= 11 is 6.18. The number of hydrogen-bond acceptors (Lipinski definition) is 9. The Morgan fingerprint density at radius 1 is 0.659 bits per heavy atom. The third-order valence-electron chi connectivity index (χ3n) is 6.66. The Morgan fingerprint density at radius 2 is 1.20 bits per heavy atom. The van der Waals surface area contributed by atoms with E-state index in [0.717, 1.165) is 0 Å². The van der Waals surface area contributed by atoms with Gasteiger partial charge >= 0.3 is 11.3 Å². The van der Waals surface area contributed by atoms with Gasteiger partial charge in [-0.1, -0.05) is 48.0 Å². The summed E-state index contributed by atoms with van der Waals surface area (Å²) in [6, 6.07) is 23.5. The Morgan fingerprint density at radius 3 is 1.78 bits per heavy atom. The number of phenolic OH excluding ortho intramolecular Hbond substituents is 1. The molecule has 0 fully saturated rings. The van der Waals surface area contributed by atoms with Crippen molar-refractivity contribution in [1.82, 2.24) is 0 Å². The summed E-state index contributed by atoms with van der Waals surface area (Å²) in [6.07, 6.45) is 0. The molecule has 9 nitrogen and oxygen atoms in total. The minimum atomic E-state index is -1.54. The van der Waals surface area contributed by atoms with Gasteiger partial charge in [-0.15, -0.1) is 5.11 Å². The average Bonchev–Trinajstić information content (AvgIpc) is 2.97. The molecule has 0 radical (unpaired) electrons. The zero-order valence-corrected chi connectivity index (χ0v) is 21.7. The lowest BCUT2D eigenvalue weighted by molar-refractivity contribution is 0.435. The van der Waals surface area contributed by atoms with Crippen LogP contribution in [-0.2, 0) is 0 Å². The van der Waals surface area contributed by atoms with Crippen LogP contribution in [0.5, 0.6) is 17.2 Å². The molecule has 4 aromatic carbocycles. The van der Waals surface area contributed by atoms with Crippen LogP contribution in [0.1, 0.15) is 22.6 Å². The van der Waals surface area contributed by atoms with Gasteiger partial charge in [-0.05, 0) is 54.6 Å². The standard InChI is InChI=1S/C31H19ClN2O7/c32-20-9-3-4-10-21(20)34-33-16-13-14-22(35)19(15-16)25(26-28(36)17-7-1-5-11-23(17)40-30(26)38)27-29(37)18-8-2-6-12-24(18)41-31(27)39/h1-15,25,35-37H. The highest BCUT2D eigenvalue weighted by molar-refractivity contribution is 6.32. The second kappa shape index (κ2) is 10.3. The van der Waals surface area contributed by atoms with Crippen LogP contribution in [-0.4, -0.2) is 15.3 Å². The second-order valence-electron chi connectivity index (χ2n) is 9.12. The van der Waals surface area contributed by atoms with Gasteiger partial charge in [-0.25, -0.2) is 9.59 Å². The highest BCUT2D eigenvalue weighted by Gasteiger charge is 2.34. The van der Waals surface area contributed by atoms with Gasteiger partial charge in [0.15, 0.2) is 0 Å². The van der Waals surface area contributed by atoms with Crippen molar-refractivity contribution in [2.24, 2.45) is 10.2 Å². The predicted octanol–water partition coefficient (Wildman–Crippen LogP) is 7.27. The topological polar surface area (TPSA) is 146 Å². The van der Waals surface area contributed by atoms with Gasteiger partial charge < -0.3 is 24.2 Å². The number of benzene rings is 4. The molecule has 41 heavy (non-hydrogen) atoms. The Kier molecular flexibility index (Phi) is 6.49. The molecule has 6 rings (SSSR count). The van der Waals surface area contributed by atoms with Gasteiger partial charge in [0.2, 0.25) is 0 Å². The van der Waals surface area contributed by atoms with Gasteiger partial charge in [-0.2, -0.15) is 5.11 Å². The van der Waals surface area contributed by atoms with E-state index in [9.17, 15) is 24.9 Å². The molecule has 0 aliphatic rings. The fraction of sp³-hybridized carbons (Fsp3) is 0.0323. The lowest BCUT2D eigenvalue weighted by atomic mass is 9.84. The van der Waals surface area contributed by atoms with Gasteiger partial charge in [0.05, 0.1) is 38.5 Å². The molecule has 2 aromatic heterocycles. The van der Waals surface area contributed by atoms with Crippen molar-refractivity contribution in [3.05, 3.63) is 134 Å². The van der Waals surface area contributed by atoms with Crippen LogP contribution in [0.3, 0.4) is 0 Å². The quantitative estimate of drug-likeness (QED) is 0.147. The first-order chi connectivity index (χ1) is 19.8. The zero-order valence-electron chi connectivity index (χ0n) is 21.0. The second-order valence-corrected chi connectivity index (χ2v) is 9.53. The number of azo groups is 1. The maximum absolute atomic E-state index is 13.4. The van der Waals surface area contributed by atoms with Crippen molar-refractivity contribution in [1.29, 1.82) is 0 Å². The summed E-state index contributed by atoms with van der Waals surface area (Å²) in [6.45, 7) is 0. The van der Waals surface area contributed by atoms with Crippen LogP contribution >= 0.6 is 11.6 Å². The van der Waals surface area contributed by atoms with Crippen LogP contribution in [0.2, 0.25) is 5.02 Å². The van der Waals surface area contributed by atoms with E-state index < -0.39 is 39.8 Å². The van der Waals surface area contributed by atoms with Crippen molar-refractivity contribution < 1.29 is 24.2 Å². The van der Waals surface area contributed by atoms with Gasteiger partial charge in [0, 0.05) is 5.56 Å². The lowest BCUT2D eigenvalue weighted by Gasteiger charge is -2.20. The van der Waals surface area contributed by atoms with Gasteiger partial charge in [0.1, 0.15) is 34.1 Å². The predicted molar refractivity (Wildman–Crippen MR) is 153 cm³/mol. The molecule has 10 heteroatoms. The molecule has 0 aliphatic heterocycles. The molecular weight excluding hydrogens is 548 g/mol. The van der Waals surface area contributed by atoms with E-state index in [4.69, 9.17) is 20.4 Å². The number of halogens is 1. The number of nitrogens with zero attached hydrogens (tertiary/aromatic N) is 2. The smallest absolute Gasteiger partial charge is 0.344 e. The van der Waals surface area contributed by atoms with Crippen molar-refractivity contribution in [3.8, 4) is 17.2 Å². The average molecular weight is 567 g/mol. The van der Waals surface area contributed by atoms with Crippen molar-refractivity contribution in [3.63, 3.8) is 0 Å². The number of phenols is 1. The third kappa shape index (κ3) is 4.58.